The SMILES string of the molecule is Cn1ccnc1COc1ccc(CN[C@@H](CN2CCCC2)c2ccccc2)cc1. The lowest BCUT2D eigenvalue weighted by molar-refractivity contribution is 0.290. The first-order valence-electron chi connectivity index (χ1n) is 10.5. The topological polar surface area (TPSA) is 42.3 Å². The third kappa shape index (κ3) is 5.46. The summed E-state index contributed by atoms with van der Waals surface area (Å²) in [6.45, 7) is 4.81. The fraction of sp³-hybridized carbons (Fsp3) is 0.375. The van der Waals surface area contributed by atoms with Gasteiger partial charge in [-0.2, -0.15) is 0 Å². The molecule has 0 bridgehead atoms. The highest BCUT2D eigenvalue weighted by Gasteiger charge is 2.18. The number of aryl methyl sites for hydroxylation is 1. The summed E-state index contributed by atoms with van der Waals surface area (Å²) in [4.78, 5) is 6.86. The number of likely N-dealkylation sites (tertiary alicyclic amines) is 1. The molecule has 0 amide bonds. The predicted molar refractivity (Wildman–Crippen MR) is 116 cm³/mol. The van der Waals surface area contributed by atoms with E-state index in [0.29, 0.717) is 12.6 Å². The molecule has 2 aromatic carbocycles. The lowest BCUT2D eigenvalue weighted by Crippen LogP contribution is -2.33. The summed E-state index contributed by atoms with van der Waals surface area (Å²) < 4.78 is 7.83. The van der Waals surface area contributed by atoms with Crippen LogP contribution in [0.4, 0.5) is 0 Å². The second kappa shape index (κ2) is 9.72. The summed E-state index contributed by atoms with van der Waals surface area (Å²) in [6, 6.07) is 19.5. The zero-order chi connectivity index (χ0) is 19.9. The highest BCUT2D eigenvalue weighted by molar-refractivity contribution is 5.28. The van der Waals surface area contributed by atoms with Crippen LogP contribution in [0.25, 0.3) is 0 Å². The largest absolute Gasteiger partial charge is 0.486 e. The van der Waals surface area contributed by atoms with Gasteiger partial charge >= 0.3 is 0 Å². The molecule has 152 valence electrons. The van der Waals surface area contributed by atoms with Gasteiger partial charge in [-0.15, -0.1) is 0 Å². The van der Waals surface area contributed by atoms with Crippen molar-refractivity contribution in [2.24, 2.45) is 7.05 Å². The Labute approximate surface area is 173 Å². The number of nitrogens with zero attached hydrogens (tertiary/aromatic N) is 3. The van der Waals surface area contributed by atoms with Gasteiger partial charge in [-0.25, -0.2) is 4.98 Å². The zero-order valence-corrected chi connectivity index (χ0v) is 17.1. The van der Waals surface area contributed by atoms with Crippen LogP contribution in [-0.4, -0.2) is 34.1 Å². The van der Waals surface area contributed by atoms with Crippen LogP contribution in [0.1, 0.15) is 35.8 Å². The Morgan fingerprint density at radius 3 is 2.48 bits per heavy atom. The van der Waals surface area contributed by atoms with Crippen LogP contribution in [0, 0.1) is 0 Å². The normalized spacial score (nSPS) is 15.5. The Hall–Kier alpha value is -2.63. The molecule has 1 aliphatic rings. The summed E-state index contributed by atoms with van der Waals surface area (Å²) >= 11 is 0. The Morgan fingerprint density at radius 1 is 1.03 bits per heavy atom. The van der Waals surface area contributed by atoms with Crippen molar-refractivity contribution in [2.45, 2.75) is 32.0 Å². The average molecular weight is 391 g/mol. The van der Waals surface area contributed by atoms with Crippen molar-refractivity contribution in [2.75, 3.05) is 19.6 Å². The highest BCUT2D eigenvalue weighted by Crippen LogP contribution is 2.19. The molecule has 2 heterocycles. The predicted octanol–water partition coefficient (Wildman–Crippen LogP) is 3.93. The molecule has 3 aromatic rings. The first kappa shape index (κ1) is 19.7. The maximum atomic E-state index is 5.86. The van der Waals surface area contributed by atoms with Crippen molar-refractivity contribution in [1.82, 2.24) is 19.8 Å². The van der Waals surface area contributed by atoms with E-state index < -0.39 is 0 Å². The number of hydrogen-bond donors (Lipinski definition) is 1. The van der Waals surface area contributed by atoms with Gasteiger partial charge in [0.05, 0.1) is 0 Å². The maximum absolute atomic E-state index is 5.86. The molecule has 0 spiro atoms. The molecule has 29 heavy (non-hydrogen) atoms. The molecule has 0 aliphatic carbocycles. The molecule has 4 rings (SSSR count). The van der Waals surface area contributed by atoms with Crippen LogP contribution in [0.3, 0.4) is 0 Å². The molecule has 0 unspecified atom stereocenters. The first-order chi connectivity index (χ1) is 14.3. The van der Waals surface area contributed by atoms with E-state index in [1.165, 1.54) is 37.1 Å². The first-order valence-corrected chi connectivity index (χ1v) is 10.5. The number of nitrogens with one attached hydrogen (secondary N) is 1. The number of imidazole rings is 1. The van der Waals surface area contributed by atoms with Gasteiger partial charge in [-0.3, -0.25) is 0 Å². The number of rotatable bonds is 9. The molecular weight excluding hydrogens is 360 g/mol. The monoisotopic (exact) mass is 390 g/mol. The van der Waals surface area contributed by atoms with Crippen molar-refractivity contribution >= 4 is 0 Å². The van der Waals surface area contributed by atoms with E-state index >= 15 is 0 Å². The van der Waals surface area contributed by atoms with Gasteiger partial charge < -0.3 is 19.5 Å². The third-order valence-electron chi connectivity index (χ3n) is 5.61. The summed E-state index contributed by atoms with van der Waals surface area (Å²) in [5.74, 6) is 1.79. The summed E-state index contributed by atoms with van der Waals surface area (Å²) in [6.07, 6.45) is 6.36. The Morgan fingerprint density at radius 2 is 1.79 bits per heavy atom. The van der Waals surface area contributed by atoms with E-state index in [1.807, 2.05) is 29.9 Å². The quantitative estimate of drug-likeness (QED) is 0.601. The van der Waals surface area contributed by atoms with Gasteiger partial charge in [-0.05, 0) is 49.2 Å². The molecule has 1 aromatic heterocycles. The smallest absolute Gasteiger partial charge is 0.146 e. The number of hydrogen-bond acceptors (Lipinski definition) is 4. The number of ether oxygens (including phenoxy) is 1. The van der Waals surface area contributed by atoms with Crippen LogP contribution in [-0.2, 0) is 20.2 Å². The van der Waals surface area contributed by atoms with E-state index in [4.69, 9.17) is 4.74 Å². The molecule has 5 nitrogen and oxygen atoms in total. The summed E-state index contributed by atoms with van der Waals surface area (Å²) in [5.41, 5.74) is 2.62. The van der Waals surface area contributed by atoms with Crippen molar-refractivity contribution in [3.63, 3.8) is 0 Å². The van der Waals surface area contributed by atoms with E-state index in [2.05, 4.69) is 57.7 Å². The average Bonchev–Trinajstić information content (AvgIpc) is 3.42. The van der Waals surface area contributed by atoms with Crippen LogP contribution in [0.15, 0.2) is 67.0 Å². The minimum atomic E-state index is 0.341. The number of aromatic nitrogens is 2. The Bertz CT molecular complexity index is 869. The third-order valence-corrected chi connectivity index (χ3v) is 5.61. The maximum Gasteiger partial charge on any atom is 0.146 e. The van der Waals surface area contributed by atoms with Crippen LogP contribution in [0.2, 0.25) is 0 Å². The van der Waals surface area contributed by atoms with Gasteiger partial charge in [0.25, 0.3) is 0 Å². The van der Waals surface area contributed by atoms with Gasteiger partial charge in [0.2, 0.25) is 0 Å². The summed E-state index contributed by atoms with van der Waals surface area (Å²) in [5, 5.41) is 3.76. The fourth-order valence-electron chi connectivity index (χ4n) is 3.82. The van der Waals surface area contributed by atoms with Crippen LogP contribution >= 0.6 is 0 Å². The van der Waals surface area contributed by atoms with Crippen molar-refractivity contribution in [3.05, 3.63) is 83.9 Å². The minimum absolute atomic E-state index is 0.341. The standard InChI is InChI=1S/C24H30N4O/c1-27-16-13-25-24(27)19-29-22-11-9-20(10-12-22)17-26-23(18-28-14-5-6-15-28)21-7-3-2-4-8-21/h2-4,7-13,16,23,26H,5-6,14-15,17-19H2,1H3/t23-/m0/s1. The lowest BCUT2D eigenvalue weighted by atomic mass is 10.1. The van der Waals surface area contributed by atoms with Gasteiger partial charge in [-0.1, -0.05) is 42.5 Å². The summed E-state index contributed by atoms with van der Waals surface area (Å²) in [7, 11) is 1.98. The van der Waals surface area contributed by atoms with E-state index in [-0.39, 0.29) is 0 Å². The van der Waals surface area contributed by atoms with Crippen molar-refractivity contribution in [3.8, 4) is 5.75 Å². The molecular formula is C24H30N4O. The molecule has 0 radical (unpaired) electrons. The lowest BCUT2D eigenvalue weighted by Gasteiger charge is -2.25. The highest BCUT2D eigenvalue weighted by atomic mass is 16.5. The molecule has 1 N–H and O–H groups in total. The zero-order valence-electron chi connectivity index (χ0n) is 17.1. The van der Waals surface area contributed by atoms with E-state index in [0.717, 1.165) is 24.7 Å². The van der Waals surface area contributed by atoms with Crippen LogP contribution in [0.5, 0.6) is 5.75 Å². The van der Waals surface area contributed by atoms with Gasteiger partial charge in [0, 0.05) is 38.6 Å². The van der Waals surface area contributed by atoms with E-state index in [9.17, 15) is 0 Å². The number of benzene rings is 2. The molecule has 5 heteroatoms. The molecule has 1 fully saturated rings. The second-order valence-electron chi connectivity index (χ2n) is 7.74. The minimum Gasteiger partial charge on any atom is -0.486 e. The Balaban J connectivity index is 1.33. The van der Waals surface area contributed by atoms with Gasteiger partial charge in [0.15, 0.2) is 0 Å². The fourth-order valence-corrected chi connectivity index (χ4v) is 3.82. The molecule has 1 aliphatic heterocycles. The molecule has 0 saturated carbocycles. The second-order valence-corrected chi connectivity index (χ2v) is 7.74. The molecule has 1 atom stereocenters. The van der Waals surface area contributed by atoms with Crippen molar-refractivity contribution < 1.29 is 4.74 Å². The van der Waals surface area contributed by atoms with Gasteiger partial charge in [0.1, 0.15) is 18.2 Å². The van der Waals surface area contributed by atoms with Crippen molar-refractivity contribution in [1.29, 1.82) is 0 Å². The Kier molecular flexibility index (Phi) is 6.60. The van der Waals surface area contributed by atoms with E-state index in [1.54, 1.807) is 6.20 Å². The van der Waals surface area contributed by atoms with Crippen LogP contribution < -0.4 is 10.1 Å². The molecule has 1 saturated heterocycles.